The summed E-state index contributed by atoms with van der Waals surface area (Å²) in [4.78, 5) is 17.0. The molecule has 0 bridgehead atoms. The van der Waals surface area contributed by atoms with Gasteiger partial charge in [0.05, 0.1) is 5.92 Å². The van der Waals surface area contributed by atoms with Crippen LogP contribution in [-0.4, -0.2) is 48.4 Å². The fourth-order valence-electron chi connectivity index (χ4n) is 3.23. The summed E-state index contributed by atoms with van der Waals surface area (Å²) in [5.74, 6) is 0.0264. The summed E-state index contributed by atoms with van der Waals surface area (Å²) in [5, 5.41) is 0. The zero-order chi connectivity index (χ0) is 15.4. The van der Waals surface area contributed by atoms with Crippen LogP contribution in [0.4, 0.5) is 5.69 Å². The van der Waals surface area contributed by atoms with Crippen molar-refractivity contribution in [1.82, 2.24) is 9.80 Å². The maximum absolute atomic E-state index is 12.6. The first-order chi connectivity index (χ1) is 10.0. The molecule has 1 aromatic rings. The third-order valence-corrected chi connectivity index (χ3v) is 4.55. The second kappa shape index (κ2) is 6.94. The van der Waals surface area contributed by atoms with Crippen LogP contribution in [0, 0.1) is 0 Å². The van der Waals surface area contributed by atoms with Gasteiger partial charge in [0.2, 0.25) is 5.91 Å². The van der Waals surface area contributed by atoms with Crippen LogP contribution in [-0.2, 0) is 4.79 Å². The van der Waals surface area contributed by atoms with Gasteiger partial charge in [-0.2, -0.15) is 0 Å². The number of likely N-dealkylation sites (tertiary alicyclic amines) is 1. The number of anilines is 1. The lowest BCUT2D eigenvalue weighted by molar-refractivity contribution is -0.131. The maximum Gasteiger partial charge on any atom is 0.229 e. The standard InChI is InChI=1S/C17H27N3O/c1-4-20-10-6-9-16(20)12-19(3)17(21)13(2)14-7-5-8-15(18)11-14/h5,7-8,11,13,16H,4,6,9-10,12,18H2,1-3H3. The van der Waals surface area contributed by atoms with E-state index in [-0.39, 0.29) is 11.8 Å². The average molecular weight is 289 g/mol. The van der Waals surface area contributed by atoms with Gasteiger partial charge in [-0.1, -0.05) is 19.1 Å². The highest BCUT2D eigenvalue weighted by Gasteiger charge is 2.27. The number of benzene rings is 1. The van der Waals surface area contributed by atoms with E-state index < -0.39 is 0 Å². The molecule has 116 valence electrons. The monoisotopic (exact) mass is 289 g/mol. The Balaban J connectivity index is 1.98. The van der Waals surface area contributed by atoms with Crippen molar-refractivity contribution in [2.45, 2.75) is 38.6 Å². The van der Waals surface area contributed by atoms with Crippen LogP contribution in [0.3, 0.4) is 0 Å². The summed E-state index contributed by atoms with van der Waals surface area (Å²) in [7, 11) is 1.91. The molecule has 1 aliphatic rings. The Morgan fingerprint density at radius 3 is 2.95 bits per heavy atom. The molecule has 2 N–H and O–H groups in total. The molecule has 0 aliphatic carbocycles. The van der Waals surface area contributed by atoms with E-state index in [9.17, 15) is 4.79 Å². The van der Waals surface area contributed by atoms with Gasteiger partial charge >= 0.3 is 0 Å². The molecule has 1 amide bonds. The minimum absolute atomic E-state index is 0.144. The summed E-state index contributed by atoms with van der Waals surface area (Å²) in [6.45, 7) is 7.19. The van der Waals surface area contributed by atoms with E-state index in [1.54, 1.807) is 0 Å². The predicted octanol–water partition coefficient (Wildman–Crippen LogP) is 2.31. The zero-order valence-corrected chi connectivity index (χ0v) is 13.4. The second-order valence-corrected chi connectivity index (χ2v) is 6.04. The van der Waals surface area contributed by atoms with Crippen molar-refractivity contribution in [3.63, 3.8) is 0 Å². The summed E-state index contributed by atoms with van der Waals surface area (Å²) in [5.41, 5.74) is 7.51. The fourth-order valence-corrected chi connectivity index (χ4v) is 3.23. The molecule has 2 atom stereocenters. The first-order valence-corrected chi connectivity index (χ1v) is 7.87. The molecule has 0 spiro atoms. The van der Waals surface area contributed by atoms with Gasteiger partial charge in [0.15, 0.2) is 0 Å². The van der Waals surface area contributed by atoms with Crippen molar-refractivity contribution in [3.8, 4) is 0 Å². The van der Waals surface area contributed by atoms with Crippen molar-refractivity contribution < 1.29 is 4.79 Å². The van der Waals surface area contributed by atoms with Crippen molar-refractivity contribution in [2.24, 2.45) is 0 Å². The molecule has 4 nitrogen and oxygen atoms in total. The summed E-state index contributed by atoms with van der Waals surface area (Å²) in [6, 6.07) is 8.13. The van der Waals surface area contributed by atoms with Crippen LogP contribution in [0.25, 0.3) is 0 Å². The molecule has 1 aromatic carbocycles. The Morgan fingerprint density at radius 1 is 1.52 bits per heavy atom. The van der Waals surface area contributed by atoms with Crippen LogP contribution < -0.4 is 5.73 Å². The highest BCUT2D eigenvalue weighted by molar-refractivity contribution is 5.83. The van der Waals surface area contributed by atoms with E-state index in [2.05, 4.69) is 11.8 Å². The summed E-state index contributed by atoms with van der Waals surface area (Å²) in [6.07, 6.45) is 2.43. The SMILES string of the molecule is CCN1CCCC1CN(C)C(=O)C(C)c1cccc(N)c1. The number of likely N-dealkylation sites (N-methyl/N-ethyl adjacent to an activating group) is 2. The van der Waals surface area contributed by atoms with Gasteiger partial charge < -0.3 is 10.6 Å². The number of amides is 1. The highest BCUT2D eigenvalue weighted by atomic mass is 16.2. The van der Waals surface area contributed by atoms with Crippen LogP contribution in [0.2, 0.25) is 0 Å². The molecule has 2 unspecified atom stereocenters. The number of hydrogen-bond donors (Lipinski definition) is 1. The predicted molar refractivity (Wildman–Crippen MR) is 87.2 cm³/mol. The third kappa shape index (κ3) is 3.76. The molecular formula is C17H27N3O. The lowest BCUT2D eigenvalue weighted by atomic mass is 9.99. The normalized spacial score (nSPS) is 20.4. The smallest absolute Gasteiger partial charge is 0.229 e. The summed E-state index contributed by atoms with van der Waals surface area (Å²) < 4.78 is 0. The molecule has 1 aliphatic heterocycles. The van der Waals surface area contributed by atoms with Gasteiger partial charge in [0.1, 0.15) is 0 Å². The average Bonchev–Trinajstić information content (AvgIpc) is 2.92. The number of hydrogen-bond acceptors (Lipinski definition) is 3. The quantitative estimate of drug-likeness (QED) is 0.846. The number of rotatable bonds is 5. The van der Waals surface area contributed by atoms with E-state index in [4.69, 9.17) is 5.73 Å². The lowest BCUT2D eigenvalue weighted by Crippen LogP contribution is -2.42. The largest absolute Gasteiger partial charge is 0.399 e. The zero-order valence-electron chi connectivity index (χ0n) is 13.4. The van der Waals surface area contributed by atoms with Gasteiger partial charge in [-0.25, -0.2) is 0 Å². The number of nitrogens with zero attached hydrogens (tertiary/aromatic N) is 2. The van der Waals surface area contributed by atoms with E-state index in [0.717, 1.165) is 25.2 Å². The van der Waals surface area contributed by atoms with E-state index in [0.29, 0.717) is 11.7 Å². The van der Waals surface area contributed by atoms with Crippen LogP contribution >= 0.6 is 0 Å². The number of carbonyl (C=O) groups is 1. The summed E-state index contributed by atoms with van der Waals surface area (Å²) >= 11 is 0. The molecule has 4 heteroatoms. The minimum Gasteiger partial charge on any atom is -0.399 e. The Labute approximate surface area is 127 Å². The molecule has 0 saturated carbocycles. The number of nitrogen functional groups attached to an aromatic ring is 1. The van der Waals surface area contributed by atoms with Crippen LogP contribution in [0.1, 0.15) is 38.2 Å². The van der Waals surface area contributed by atoms with Gasteiger partial charge in [-0.05, 0) is 50.6 Å². The fraction of sp³-hybridized carbons (Fsp3) is 0.588. The van der Waals surface area contributed by atoms with Crippen molar-refractivity contribution in [1.29, 1.82) is 0 Å². The van der Waals surface area contributed by atoms with E-state index >= 15 is 0 Å². The van der Waals surface area contributed by atoms with Crippen molar-refractivity contribution >= 4 is 11.6 Å². The first-order valence-electron chi connectivity index (χ1n) is 7.87. The molecular weight excluding hydrogens is 262 g/mol. The van der Waals surface area contributed by atoms with Gasteiger partial charge in [-0.3, -0.25) is 9.69 Å². The molecule has 1 heterocycles. The Bertz CT molecular complexity index is 489. The van der Waals surface area contributed by atoms with Gasteiger partial charge in [-0.15, -0.1) is 0 Å². The molecule has 1 fully saturated rings. The van der Waals surface area contributed by atoms with Gasteiger partial charge in [0.25, 0.3) is 0 Å². The minimum atomic E-state index is -0.144. The Morgan fingerprint density at radius 2 is 2.29 bits per heavy atom. The van der Waals surface area contributed by atoms with Crippen LogP contribution in [0.5, 0.6) is 0 Å². The van der Waals surface area contributed by atoms with Gasteiger partial charge in [0, 0.05) is 25.3 Å². The third-order valence-electron chi connectivity index (χ3n) is 4.55. The van der Waals surface area contributed by atoms with Crippen LogP contribution in [0.15, 0.2) is 24.3 Å². The first kappa shape index (κ1) is 15.8. The number of carbonyl (C=O) groups excluding carboxylic acids is 1. The molecule has 0 radical (unpaired) electrons. The van der Waals surface area contributed by atoms with Crippen molar-refractivity contribution in [2.75, 3.05) is 32.4 Å². The lowest BCUT2D eigenvalue weighted by Gasteiger charge is -2.29. The molecule has 21 heavy (non-hydrogen) atoms. The molecule has 0 aromatic heterocycles. The van der Waals surface area contributed by atoms with E-state index in [1.165, 1.54) is 12.8 Å². The van der Waals surface area contributed by atoms with E-state index in [1.807, 2.05) is 43.1 Å². The molecule has 1 saturated heterocycles. The topological polar surface area (TPSA) is 49.6 Å². The second-order valence-electron chi connectivity index (χ2n) is 6.04. The Kier molecular flexibility index (Phi) is 5.23. The highest BCUT2D eigenvalue weighted by Crippen LogP contribution is 2.22. The number of nitrogens with two attached hydrogens (primary N) is 1. The Hall–Kier alpha value is -1.55. The van der Waals surface area contributed by atoms with Crippen molar-refractivity contribution in [3.05, 3.63) is 29.8 Å². The molecule has 2 rings (SSSR count). The maximum atomic E-state index is 12.6.